The van der Waals surface area contributed by atoms with Crippen molar-refractivity contribution in [1.82, 2.24) is 14.5 Å². The lowest BCUT2D eigenvalue weighted by molar-refractivity contribution is 0.278. The molecule has 168 valence electrons. The second-order valence-corrected chi connectivity index (χ2v) is 10.4. The third-order valence-corrected chi connectivity index (χ3v) is 7.33. The molecule has 0 amide bonds. The highest BCUT2D eigenvalue weighted by molar-refractivity contribution is 7.89. The van der Waals surface area contributed by atoms with Gasteiger partial charge in [0.2, 0.25) is 16.0 Å². The fraction of sp³-hybridized carbons (Fsp3) is 0.409. The maximum Gasteiger partial charge on any atom is 0.238 e. The largest absolute Gasteiger partial charge is 0.324 e. The fourth-order valence-corrected chi connectivity index (χ4v) is 5.56. The topological polar surface area (TPSA) is 127 Å². The molecule has 2 aliphatic rings. The van der Waals surface area contributed by atoms with E-state index in [1.807, 2.05) is 6.20 Å². The van der Waals surface area contributed by atoms with Gasteiger partial charge in [-0.25, -0.2) is 18.5 Å². The van der Waals surface area contributed by atoms with Crippen molar-refractivity contribution in [2.24, 2.45) is 16.2 Å². The number of anilines is 3. The lowest BCUT2D eigenvalue weighted by Crippen LogP contribution is -2.48. The van der Waals surface area contributed by atoms with Crippen LogP contribution in [0.25, 0.3) is 11.0 Å². The molecule has 0 radical (unpaired) electrons. The summed E-state index contributed by atoms with van der Waals surface area (Å²) in [5.74, 6) is 1.71. The first-order valence-corrected chi connectivity index (χ1v) is 12.5. The molecule has 0 bridgehead atoms. The van der Waals surface area contributed by atoms with Gasteiger partial charge in [0.15, 0.2) is 0 Å². The Morgan fingerprint density at radius 1 is 1.16 bits per heavy atom. The second-order valence-electron chi connectivity index (χ2n) is 8.89. The number of aromatic nitrogens is 3. The first-order valence-electron chi connectivity index (χ1n) is 10.9. The Morgan fingerprint density at radius 2 is 1.88 bits per heavy atom. The number of hydrogen-bond acceptors (Lipinski definition) is 7. The van der Waals surface area contributed by atoms with Crippen LogP contribution in [0.1, 0.15) is 46.0 Å². The highest BCUT2D eigenvalue weighted by atomic mass is 32.2. The van der Waals surface area contributed by atoms with E-state index in [0.717, 1.165) is 42.5 Å². The number of sulfonamides is 1. The molecule has 0 saturated heterocycles. The molecule has 2 aromatic heterocycles. The zero-order valence-electron chi connectivity index (χ0n) is 18.2. The van der Waals surface area contributed by atoms with Crippen LogP contribution in [0.4, 0.5) is 17.5 Å². The summed E-state index contributed by atoms with van der Waals surface area (Å²) < 4.78 is 25.3. The summed E-state index contributed by atoms with van der Waals surface area (Å²) in [6, 6.07) is 8.27. The zero-order chi connectivity index (χ0) is 22.5. The predicted molar refractivity (Wildman–Crippen MR) is 126 cm³/mol. The summed E-state index contributed by atoms with van der Waals surface area (Å²) in [6.45, 7) is 4.39. The Kier molecular flexibility index (Phi) is 4.94. The van der Waals surface area contributed by atoms with Crippen molar-refractivity contribution in [3.8, 4) is 0 Å². The molecule has 4 N–H and O–H groups in total. The van der Waals surface area contributed by atoms with E-state index in [0.29, 0.717) is 17.6 Å². The average Bonchev–Trinajstić information content (AvgIpc) is 3.13. The molecule has 1 aromatic carbocycles. The standard InChI is InChI=1S/C22H27N7O2S/c1-14(2)19-22(10-4-3-5-11-22)29-18(27-28-19)12-15-13-24-21(26-20(15)29)25-16-6-8-17(9-7-16)32(23,30)31/h6-9,12-14,27H,3-5,10-11H2,1-2H3,(H2,23,30,31)(H,24,25,26). The van der Waals surface area contributed by atoms with Crippen molar-refractivity contribution >= 4 is 44.2 Å². The molecule has 0 atom stereocenters. The molecule has 32 heavy (non-hydrogen) atoms. The molecule has 1 fully saturated rings. The van der Waals surface area contributed by atoms with Gasteiger partial charge in [0, 0.05) is 17.3 Å². The van der Waals surface area contributed by atoms with E-state index < -0.39 is 10.0 Å². The molecule has 5 rings (SSSR count). The van der Waals surface area contributed by atoms with E-state index in [1.165, 1.54) is 24.3 Å². The predicted octanol–water partition coefficient (Wildman–Crippen LogP) is 3.92. The van der Waals surface area contributed by atoms with Gasteiger partial charge < -0.3 is 5.32 Å². The van der Waals surface area contributed by atoms with E-state index in [1.54, 1.807) is 12.1 Å². The minimum atomic E-state index is -3.73. The Morgan fingerprint density at radius 3 is 2.53 bits per heavy atom. The summed E-state index contributed by atoms with van der Waals surface area (Å²) in [7, 11) is -3.73. The number of nitrogens with two attached hydrogens (primary N) is 1. The molecular formula is C22H27N7O2S. The number of hydrazone groups is 1. The SMILES string of the molecule is CC(C)C1=NNc2cc3cnc(Nc4ccc(S(N)(=O)=O)cc4)nc3n2C12CCCCC2. The Hall–Kier alpha value is -2.98. The van der Waals surface area contributed by atoms with Gasteiger partial charge in [0.25, 0.3) is 0 Å². The minimum absolute atomic E-state index is 0.0610. The van der Waals surface area contributed by atoms with E-state index in [4.69, 9.17) is 15.2 Å². The Balaban J connectivity index is 1.56. The normalized spacial score (nSPS) is 17.8. The number of rotatable bonds is 4. The van der Waals surface area contributed by atoms with Crippen LogP contribution in [0.15, 0.2) is 46.5 Å². The monoisotopic (exact) mass is 453 g/mol. The van der Waals surface area contributed by atoms with Gasteiger partial charge in [-0.2, -0.15) is 10.1 Å². The summed E-state index contributed by atoms with van der Waals surface area (Å²) in [4.78, 5) is 9.38. The molecule has 3 aromatic rings. The number of nitrogens with zero attached hydrogens (tertiary/aromatic N) is 4. The highest BCUT2D eigenvalue weighted by Gasteiger charge is 2.44. The van der Waals surface area contributed by atoms with E-state index in [2.05, 4.69) is 40.2 Å². The molecule has 10 heteroatoms. The van der Waals surface area contributed by atoms with Gasteiger partial charge in [0.05, 0.1) is 16.1 Å². The molecule has 1 aliphatic heterocycles. The zero-order valence-corrected chi connectivity index (χ0v) is 19.0. The summed E-state index contributed by atoms with van der Waals surface area (Å²) in [6.07, 6.45) is 7.47. The van der Waals surface area contributed by atoms with Gasteiger partial charge in [-0.1, -0.05) is 33.1 Å². The van der Waals surface area contributed by atoms with Crippen LogP contribution in [0.3, 0.4) is 0 Å². The second kappa shape index (κ2) is 7.56. The van der Waals surface area contributed by atoms with E-state index in [-0.39, 0.29) is 10.4 Å². The van der Waals surface area contributed by atoms with Crippen molar-refractivity contribution in [2.75, 3.05) is 10.7 Å². The quantitative estimate of drug-likeness (QED) is 0.549. The van der Waals surface area contributed by atoms with E-state index >= 15 is 0 Å². The van der Waals surface area contributed by atoms with Gasteiger partial charge >= 0.3 is 0 Å². The van der Waals surface area contributed by atoms with Gasteiger partial charge in [-0.3, -0.25) is 9.99 Å². The molecule has 1 aliphatic carbocycles. The molecule has 9 nitrogen and oxygen atoms in total. The third-order valence-electron chi connectivity index (χ3n) is 6.40. The van der Waals surface area contributed by atoms with Gasteiger partial charge in [-0.05, 0) is 49.1 Å². The summed E-state index contributed by atoms with van der Waals surface area (Å²) >= 11 is 0. The van der Waals surface area contributed by atoms with Crippen LogP contribution in [0, 0.1) is 5.92 Å². The number of fused-ring (bicyclic) bond motifs is 4. The summed E-state index contributed by atoms with van der Waals surface area (Å²) in [5.41, 5.74) is 5.78. The maximum atomic E-state index is 11.5. The van der Waals surface area contributed by atoms with Crippen LogP contribution >= 0.6 is 0 Å². The van der Waals surface area contributed by atoms with Crippen molar-refractivity contribution in [3.63, 3.8) is 0 Å². The Bertz CT molecular complexity index is 1300. The molecular weight excluding hydrogens is 426 g/mol. The highest BCUT2D eigenvalue weighted by Crippen LogP contribution is 2.45. The third kappa shape index (κ3) is 3.43. The minimum Gasteiger partial charge on any atom is -0.324 e. The first-order chi connectivity index (χ1) is 15.3. The van der Waals surface area contributed by atoms with Crippen LogP contribution in [0.5, 0.6) is 0 Å². The van der Waals surface area contributed by atoms with E-state index in [9.17, 15) is 8.42 Å². The fourth-order valence-electron chi connectivity index (χ4n) is 5.04. The van der Waals surface area contributed by atoms with Crippen molar-refractivity contribution in [2.45, 2.75) is 56.4 Å². The van der Waals surface area contributed by atoms with Gasteiger partial charge in [-0.15, -0.1) is 0 Å². The number of nitrogens with one attached hydrogen (secondary N) is 2. The summed E-state index contributed by atoms with van der Waals surface area (Å²) in [5, 5.41) is 14.1. The number of hydrogen-bond donors (Lipinski definition) is 3. The maximum absolute atomic E-state index is 11.5. The van der Waals surface area contributed by atoms with Crippen LogP contribution in [-0.2, 0) is 15.6 Å². The van der Waals surface area contributed by atoms with Crippen LogP contribution < -0.4 is 15.9 Å². The lowest BCUT2D eigenvalue weighted by Gasteiger charge is -2.44. The van der Waals surface area contributed by atoms with Crippen molar-refractivity contribution in [1.29, 1.82) is 0 Å². The lowest BCUT2D eigenvalue weighted by atomic mass is 9.74. The van der Waals surface area contributed by atoms with Crippen molar-refractivity contribution < 1.29 is 8.42 Å². The molecule has 3 heterocycles. The number of benzene rings is 1. The molecule has 1 saturated carbocycles. The molecule has 0 unspecified atom stereocenters. The Labute approximate surface area is 187 Å². The van der Waals surface area contributed by atoms with Crippen molar-refractivity contribution in [3.05, 3.63) is 36.5 Å². The smallest absolute Gasteiger partial charge is 0.238 e. The first kappa shape index (κ1) is 20.9. The van der Waals surface area contributed by atoms with Gasteiger partial charge in [0.1, 0.15) is 11.5 Å². The molecule has 1 spiro atoms. The average molecular weight is 454 g/mol. The van der Waals surface area contributed by atoms with Crippen LogP contribution in [-0.4, -0.2) is 28.7 Å². The number of primary sulfonamides is 1. The van der Waals surface area contributed by atoms with Crippen LogP contribution in [0.2, 0.25) is 0 Å².